The van der Waals surface area contributed by atoms with Crippen LogP contribution >= 0.6 is 0 Å². The van der Waals surface area contributed by atoms with Gasteiger partial charge in [0.2, 0.25) is 0 Å². The molecule has 29 heavy (non-hydrogen) atoms. The average Bonchev–Trinajstić information content (AvgIpc) is 2.87. The van der Waals surface area contributed by atoms with E-state index in [4.69, 9.17) is 5.11 Å². The predicted octanol–water partition coefficient (Wildman–Crippen LogP) is 2.19. The molecule has 3 unspecified atom stereocenters. The highest BCUT2D eigenvalue weighted by atomic mass is 32.2. The number of rotatable bonds is 5. The number of hydrogen-bond donors (Lipinski definition) is 1. The molecule has 2 aliphatic heterocycles. The molecule has 4 rings (SSSR count). The Balaban J connectivity index is 1.68. The van der Waals surface area contributed by atoms with E-state index >= 15 is 0 Å². The Morgan fingerprint density at radius 2 is 1.86 bits per heavy atom. The highest BCUT2D eigenvalue weighted by Crippen LogP contribution is 2.40. The van der Waals surface area contributed by atoms with Crippen LogP contribution in [0.5, 0.6) is 0 Å². The molecule has 1 saturated heterocycles. The summed E-state index contributed by atoms with van der Waals surface area (Å²) >= 11 is -2.30. The fourth-order valence-corrected chi connectivity index (χ4v) is 6.33. The van der Waals surface area contributed by atoms with Crippen molar-refractivity contribution in [3.05, 3.63) is 53.6 Å². The number of benzene rings is 2. The molecule has 0 aliphatic carbocycles. The van der Waals surface area contributed by atoms with E-state index in [0.717, 1.165) is 71.4 Å². The standard InChI is InChI=1S/C22H28N2O3S2/c1-28(26)18-7-8-22-19(16-18)20(15-17-5-2-3-6-21(17)29(22)27)24-12-10-23(11-13-24)9-4-14-25/h2-3,5-8,16,20,25H,4,9-15H2,1H3. The first-order valence-electron chi connectivity index (χ1n) is 10.1. The maximum absolute atomic E-state index is 13.4. The Labute approximate surface area is 179 Å². The number of aliphatic hydroxyl groups is 1. The first-order chi connectivity index (χ1) is 14.1. The summed E-state index contributed by atoms with van der Waals surface area (Å²) in [4.78, 5) is 7.41. The maximum atomic E-state index is 13.4. The minimum absolute atomic E-state index is 0.126. The van der Waals surface area contributed by atoms with Crippen molar-refractivity contribution in [2.45, 2.75) is 33.6 Å². The maximum Gasteiger partial charge on any atom is 0.163 e. The summed E-state index contributed by atoms with van der Waals surface area (Å²) < 4.78 is 25.5. The summed E-state index contributed by atoms with van der Waals surface area (Å²) in [5, 5.41) is 9.09. The second-order valence-electron chi connectivity index (χ2n) is 7.70. The number of nitrogens with zero attached hydrogens (tertiary/aromatic N) is 2. The minimum Gasteiger partial charge on any atom is -0.612 e. The molecule has 1 N–H and O–H groups in total. The Bertz CT molecular complexity index is 841. The van der Waals surface area contributed by atoms with Gasteiger partial charge in [0.05, 0.1) is 0 Å². The van der Waals surface area contributed by atoms with Crippen molar-refractivity contribution in [1.82, 2.24) is 9.80 Å². The van der Waals surface area contributed by atoms with Crippen molar-refractivity contribution in [1.29, 1.82) is 0 Å². The molecule has 3 atom stereocenters. The minimum atomic E-state index is -1.23. The van der Waals surface area contributed by atoms with E-state index in [1.54, 1.807) is 6.26 Å². The molecule has 2 aliphatic rings. The quantitative estimate of drug-likeness (QED) is 0.734. The smallest absolute Gasteiger partial charge is 0.163 e. The number of piperazine rings is 1. The van der Waals surface area contributed by atoms with E-state index in [1.165, 1.54) is 0 Å². The van der Waals surface area contributed by atoms with Crippen molar-refractivity contribution in [2.75, 3.05) is 45.6 Å². The summed E-state index contributed by atoms with van der Waals surface area (Å²) in [7, 11) is 0. The normalized spacial score (nSPS) is 23.9. The molecular weight excluding hydrogens is 404 g/mol. The number of hydrogen-bond acceptors (Lipinski definition) is 5. The van der Waals surface area contributed by atoms with Crippen molar-refractivity contribution >= 4 is 22.4 Å². The van der Waals surface area contributed by atoms with Gasteiger partial charge >= 0.3 is 0 Å². The summed E-state index contributed by atoms with van der Waals surface area (Å²) in [5.41, 5.74) is 2.19. The average molecular weight is 433 g/mol. The molecule has 0 spiro atoms. The predicted molar refractivity (Wildman–Crippen MR) is 116 cm³/mol. The number of fused-ring (bicyclic) bond motifs is 2. The van der Waals surface area contributed by atoms with Crippen LogP contribution < -0.4 is 0 Å². The van der Waals surface area contributed by atoms with Crippen molar-refractivity contribution in [3.8, 4) is 0 Å². The van der Waals surface area contributed by atoms with E-state index < -0.39 is 22.4 Å². The fraction of sp³-hybridized carbons (Fsp3) is 0.455. The van der Waals surface area contributed by atoms with Crippen molar-refractivity contribution in [3.63, 3.8) is 0 Å². The molecule has 7 heteroatoms. The summed E-state index contributed by atoms with van der Waals surface area (Å²) in [5.74, 6) is 0. The van der Waals surface area contributed by atoms with Crippen molar-refractivity contribution in [2.24, 2.45) is 0 Å². The zero-order valence-electron chi connectivity index (χ0n) is 16.8. The van der Waals surface area contributed by atoms with E-state index in [9.17, 15) is 9.11 Å². The Hall–Kier alpha value is -1.06. The fourth-order valence-electron chi connectivity index (χ4n) is 4.34. The third-order valence-corrected chi connectivity index (χ3v) is 8.42. The molecule has 0 aromatic heterocycles. The first-order valence-corrected chi connectivity index (χ1v) is 12.8. The lowest BCUT2D eigenvalue weighted by Gasteiger charge is -2.39. The van der Waals surface area contributed by atoms with Gasteiger partial charge in [-0.25, -0.2) is 0 Å². The Morgan fingerprint density at radius 3 is 2.59 bits per heavy atom. The van der Waals surface area contributed by atoms with E-state index in [1.807, 2.05) is 36.4 Å². The van der Waals surface area contributed by atoms with E-state index in [2.05, 4.69) is 15.9 Å². The van der Waals surface area contributed by atoms with Crippen LogP contribution in [0.1, 0.15) is 23.6 Å². The van der Waals surface area contributed by atoms with Gasteiger partial charge in [0.15, 0.2) is 14.7 Å². The van der Waals surface area contributed by atoms with Crippen LogP contribution in [-0.2, 0) is 28.8 Å². The van der Waals surface area contributed by atoms with Gasteiger partial charge in [-0.3, -0.25) is 4.90 Å². The van der Waals surface area contributed by atoms with Crippen LogP contribution in [0.4, 0.5) is 0 Å². The highest BCUT2D eigenvalue weighted by molar-refractivity contribution is 7.91. The van der Waals surface area contributed by atoms with Crippen LogP contribution in [0.15, 0.2) is 57.2 Å². The van der Waals surface area contributed by atoms with Crippen LogP contribution in [0.25, 0.3) is 0 Å². The molecule has 2 aromatic carbocycles. The molecule has 2 heterocycles. The highest BCUT2D eigenvalue weighted by Gasteiger charge is 2.36. The molecular formula is C22H28N2O3S2. The monoisotopic (exact) mass is 432 g/mol. The molecule has 5 nitrogen and oxygen atoms in total. The van der Waals surface area contributed by atoms with Gasteiger partial charge < -0.3 is 19.1 Å². The van der Waals surface area contributed by atoms with Crippen LogP contribution in [0, 0.1) is 0 Å². The van der Waals surface area contributed by atoms with Crippen LogP contribution in [-0.4, -0.2) is 69.6 Å². The van der Waals surface area contributed by atoms with E-state index in [-0.39, 0.29) is 12.6 Å². The second-order valence-corrected chi connectivity index (χ2v) is 10.5. The first kappa shape index (κ1) is 21.2. The SMILES string of the molecule is C[S+]([O-])c1ccc2c(c1)C(N1CCN(CCCO)CC1)Cc1ccccc1[S+]2[O-]. The number of aliphatic hydroxyl groups excluding tert-OH is 1. The summed E-state index contributed by atoms with van der Waals surface area (Å²) in [6.45, 7) is 4.96. The molecule has 0 bridgehead atoms. The third kappa shape index (κ3) is 4.51. The summed E-state index contributed by atoms with van der Waals surface area (Å²) in [6.07, 6.45) is 3.31. The lowest BCUT2D eigenvalue weighted by atomic mass is 9.96. The van der Waals surface area contributed by atoms with Gasteiger partial charge in [0.1, 0.15) is 6.26 Å². The lowest BCUT2D eigenvalue weighted by Crippen LogP contribution is -2.48. The van der Waals surface area contributed by atoms with Crippen LogP contribution in [0.3, 0.4) is 0 Å². The molecule has 1 fully saturated rings. The zero-order chi connectivity index (χ0) is 20.4. The largest absolute Gasteiger partial charge is 0.612 e. The molecule has 156 valence electrons. The van der Waals surface area contributed by atoms with Crippen LogP contribution in [0.2, 0.25) is 0 Å². The second kappa shape index (κ2) is 9.39. The Morgan fingerprint density at radius 1 is 1.10 bits per heavy atom. The van der Waals surface area contributed by atoms with Crippen molar-refractivity contribution < 1.29 is 14.2 Å². The molecule has 0 radical (unpaired) electrons. The van der Waals surface area contributed by atoms with Gasteiger partial charge in [0.25, 0.3) is 0 Å². The van der Waals surface area contributed by atoms with Gasteiger partial charge in [-0.15, -0.1) is 0 Å². The molecule has 2 aromatic rings. The van der Waals surface area contributed by atoms with E-state index in [0.29, 0.717) is 0 Å². The van der Waals surface area contributed by atoms with Gasteiger partial charge in [-0.2, -0.15) is 0 Å². The zero-order valence-corrected chi connectivity index (χ0v) is 18.4. The molecule has 0 amide bonds. The molecule has 0 saturated carbocycles. The third-order valence-electron chi connectivity index (χ3n) is 5.94. The van der Waals surface area contributed by atoms with Gasteiger partial charge in [-0.05, 0) is 42.2 Å². The summed E-state index contributed by atoms with van der Waals surface area (Å²) in [6, 6.07) is 13.9. The topological polar surface area (TPSA) is 72.8 Å². The lowest BCUT2D eigenvalue weighted by molar-refractivity contribution is 0.0898. The Kier molecular flexibility index (Phi) is 6.86. The van der Waals surface area contributed by atoms with Gasteiger partial charge in [0, 0.05) is 73.7 Å². The van der Waals surface area contributed by atoms with Gasteiger partial charge in [-0.1, -0.05) is 18.2 Å².